The highest BCUT2D eigenvalue weighted by atomic mass is 16.6. The summed E-state index contributed by atoms with van der Waals surface area (Å²) in [5, 5.41) is 9.71. The highest BCUT2D eigenvalue weighted by molar-refractivity contribution is 4.98. The van der Waals surface area contributed by atoms with Crippen molar-refractivity contribution in [3.63, 3.8) is 0 Å². The van der Waals surface area contributed by atoms with Gasteiger partial charge >= 0.3 is 0 Å². The number of ether oxygens (including phenoxy) is 1. The average molecular weight is 194 g/mol. The summed E-state index contributed by atoms with van der Waals surface area (Å²) < 4.78 is 5.43. The van der Waals surface area contributed by atoms with Crippen molar-refractivity contribution < 1.29 is 9.84 Å². The molecule has 1 heterocycles. The van der Waals surface area contributed by atoms with Crippen LogP contribution in [0.2, 0.25) is 0 Å². The highest BCUT2D eigenvalue weighted by Crippen LogP contribution is 2.31. The van der Waals surface area contributed by atoms with E-state index in [0.29, 0.717) is 6.10 Å². The zero-order valence-corrected chi connectivity index (χ0v) is 8.43. The number of hydrogen-bond donors (Lipinski definition) is 1. The van der Waals surface area contributed by atoms with Gasteiger partial charge in [-0.3, -0.25) is 0 Å². The van der Waals surface area contributed by atoms with Crippen molar-refractivity contribution >= 4 is 0 Å². The van der Waals surface area contributed by atoms with Gasteiger partial charge < -0.3 is 9.84 Å². The Morgan fingerprint density at radius 1 is 1.00 bits per heavy atom. The molecule has 0 amide bonds. The monoisotopic (exact) mass is 194 g/mol. The summed E-state index contributed by atoms with van der Waals surface area (Å²) in [5.74, 6) is 0. The van der Waals surface area contributed by atoms with Crippen LogP contribution in [0.4, 0.5) is 0 Å². The Balaban J connectivity index is 1.87. The van der Waals surface area contributed by atoms with Gasteiger partial charge in [-0.2, -0.15) is 0 Å². The lowest BCUT2D eigenvalue weighted by Crippen LogP contribution is -2.15. The highest BCUT2D eigenvalue weighted by Gasteiger charge is 2.42. The first-order valence-corrected chi connectivity index (χ1v) is 5.51. The van der Waals surface area contributed by atoms with Crippen LogP contribution in [0, 0.1) is 0 Å². The van der Waals surface area contributed by atoms with Crippen LogP contribution in [0.1, 0.15) is 32.1 Å². The minimum Gasteiger partial charge on any atom is -0.390 e. The Labute approximate surface area is 85.3 Å². The average Bonchev–Trinajstić information content (AvgIpc) is 2.92. The first-order valence-electron chi connectivity index (χ1n) is 5.51. The number of aliphatic hydroxyl groups excluding tert-OH is 1. The van der Waals surface area contributed by atoms with Gasteiger partial charge in [0.15, 0.2) is 0 Å². The SMILES string of the molecule is OC1C/C=C\CC/C=C\CCC2OC12. The summed E-state index contributed by atoms with van der Waals surface area (Å²) in [6.45, 7) is 0. The molecule has 3 unspecified atom stereocenters. The standard InChI is InChI=1S/C12H18O2/c13-10-8-6-4-2-1-3-5-7-9-11-12(10)14-11/h3-6,10-13H,1-2,7-9H2/b5-3-,6-4-. The van der Waals surface area contributed by atoms with Crippen LogP contribution in [0.3, 0.4) is 0 Å². The molecule has 0 radical (unpaired) electrons. The Morgan fingerprint density at radius 3 is 2.57 bits per heavy atom. The van der Waals surface area contributed by atoms with E-state index in [-0.39, 0.29) is 12.2 Å². The Kier molecular flexibility index (Phi) is 3.38. The van der Waals surface area contributed by atoms with E-state index in [1.54, 1.807) is 0 Å². The number of rotatable bonds is 0. The van der Waals surface area contributed by atoms with Crippen LogP contribution in [0.25, 0.3) is 0 Å². The van der Waals surface area contributed by atoms with Crippen LogP contribution < -0.4 is 0 Å². The number of hydrogen-bond acceptors (Lipinski definition) is 2. The minimum atomic E-state index is -0.292. The van der Waals surface area contributed by atoms with E-state index in [1.165, 1.54) is 0 Å². The largest absolute Gasteiger partial charge is 0.390 e. The van der Waals surface area contributed by atoms with Crippen molar-refractivity contribution in [2.24, 2.45) is 0 Å². The Morgan fingerprint density at radius 2 is 1.71 bits per heavy atom. The normalized spacial score (nSPS) is 42.8. The molecule has 1 aliphatic heterocycles. The topological polar surface area (TPSA) is 32.8 Å². The zero-order valence-electron chi connectivity index (χ0n) is 8.43. The van der Waals surface area contributed by atoms with Gasteiger partial charge in [0.25, 0.3) is 0 Å². The number of allylic oxidation sites excluding steroid dienone is 3. The van der Waals surface area contributed by atoms with Crippen molar-refractivity contribution in [3.8, 4) is 0 Å². The minimum absolute atomic E-state index is 0.104. The third-order valence-corrected chi connectivity index (χ3v) is 2.83. The van der Waals surface area contributed by atoms with E-state index in [9.17, 15) is 5.11 Å². The third-order valence-electron chi connectivity index (χ3n) is 2.83. The van der Waals surface area contributed by atoms with E-state index in [2.05, 4.69) is 24.3 Å². The maximum atomic E-state index is 9.71. The van der Waals surface area contributed by atoms with E-state index in [1.807, 2.05) is 0 Å². The molecular formula is C12H18O2. The molecule has 14 heavy (non-hydrogen) atoms. The van der Waals surface area contributed by atoms with Crippen LogP contribution in [-0.2, 0) is 4.74 Å². The van der Waals surface area contributed by atoms with Crippen LogP contribution in [0.5, 0.6) is 0 Å². The predicted octanol–water partition coefficient (Wildman–Crippen LogP) is 2.19. The van der Waals surface area contributed by atoms with Gasteiger partial charge in [0.1, 0.15) is 6.10 Å². The lowest BCUT2D eigenvalue weighted by molar-refractivity contribution is 0.138. The lowest BCUT2D eigenvalue weighted by Gasteiger charge is -2.03. The molecule has 1 N–H and O–H groups in total. The van der Waals surface area contributed by atoms with Gasteiger partial charge in [-0.15, -0.1) is 0 Å². The van der Waals surface area contributed by atoms with Crippen molar-refractivity contribution in [1.82, 2.24) is 0 Å². The first-order chi connectivity index (χ1) is 6.88. The molecule has 0 spiro atoms. The fourth-order valence-corrected chi connectivity index (χ4v) is 1.90. The molecule has 2 rings (SSSR count). The fraction of sp³-hybridized carbons (Fsp3) is 0.667. The van der Waals surface area contributed by atoms with Crippen molar-refractivity contribution in [2.75, 3.05) is 0 Å². The quantitative estimate of drug-likeness (QED) is 0.473. The Hall–Kier alpha value is -0.600. The van der Waals surface area contributed by atoms with Gasteiger partial charge in [-0.1, -0.05) is 24.3 Å². The van der Waals surface area contributed by atoms with E-state index < -0.39 is 0 Å². The number of aliphatic hydroxyl groups is 1. The van der Waals surface area contributed by atoms with E-state index in [4.69, 9.17) is 4.74 Å². The maximum Gasteiger partial charge on any atom is 0.110 e. The molecule has 0 aromatic carbocycles. The van der Waals surface area contributed by atoms with Gasteiger partial charge in [0.2, 0.25) is 0 Å². The third kappa shape index (κ3) is 2.69. The Bertz CT molecular complexity index is 232. The summed E-state index contributed by atoms with van der Waals surface area (Å²) in [6.07, 6.45) is 13.9. The van der Waals surface area contributed by atoms with Gasteiger partial charge in [0, 0.05) is 0 Å². The first kappa shape index (κ1) is 9.94. The van der Waals surface area contributed by atoms with Gasteiger partial charge in [0.05, 0.1) is 12.2 Å². The second kappa shape index (κ2) is 4.76. The molecule has 3 atom stereocenters. The fourth-order valence-electron chi connectivity index (χ4n) is 1.90. The molecule has 78 valence electrons. The summed E-state index contributed by atoms with van der Waals surface area (Å²) in [7, 11) is 0. The molecular weight excluding hydrogens is 176 g/mol. The zero-order chi connectivity index (χ0) is 9.80. The van der Waals surface area contributed by atoms with Crippen LogP contribution in [-0.4, -0.2) is 23.4 Å². The lowest BCUT2D eigenvalue weighted by atomic mass is 10.1. The molecule has 0 aromatic heterocycles. The van der Waals surface area contributed by atoms with Gasteiger partial charge in [-0.05, 0) is 32.1 Å². The molecule has 1 saturated heterocycles. The van der Waals surface area contributed by atoms with E-state index in [0.717, 1.165) is 32.1 Å². The molecule has 2 heteroatoms. The summed E-state index contributed by atoms with van der Waals surface area (Å²) in [5.41, 5.74) is 0. The molecule has 0 aromatic rings. The number of epoxide rings is 1. The molecule has 1 aliphatic carbocycles. The smallest absolute Gasteiger partial charge is 0.110 e. The second-order valence-corrected chi connectivity index (χ2v) is 4.04. The summed E-state index contributed by atoms with van der Waals surface area (Å²) in [6, 6.07) is 0. The molecule has 1 fully saturated rings. The van der Waals surface area contributed by atoms with Crippen LogP contribution in [0.15, 0.2) is 24.3 Å². The van der Waals surface area contributed by atoms with E-state index >= 15 is 0 Å². The van der Waals surface area contributed by atoms with Crippen molar-refractivity contribution in [2.45, 2.75) is 50.4 Å². The molecule has 2 nitrogen and oxygen atoms in total. The molecule has 0 saturated carbocycles. The van der Waals surface area contributed by atoms with Crippen molar-refractivity contribution in [3.05, 3.63) is 24.3 Å². The maximum absolute atomic E-state index is 9.71. The summed E-state index contributed by atoms with van der Waals surface area (Å²) >= 11 is 0. The number of fused-ring (bicyclic) bond motifs is 1. The molecule has 0 bridgehead atoms. The summed E-state index contributed by atoms with van der Waals surface area (Å²) in [4.78, 5) is 0. The second-order valence-electron chi connectivity index (χ2n) is 4.04. The van der Waals surface area contributed by atoms with Crippen LogP contribution >= 0.6 is 0 Å². The predicted molar refractivity (Wildman–Crippen MR) is 56.0 cm³/mol. The molecule has 2 aliphatic rings. The van der Waals surface area contributed by atoms with Crippen molar-refractivity contribution in [1.29, 1.82) is 0 Å². The van der Waals surface area contributed by atoms with Gasteiger partial charge in [-0.25, -0.2) is 0 Å².